The first-order valence-electron chi connectivity index (χ1n) is 10.3. The first-order valence-corrected chi connectivity index (χ1v) is 12.1. The minimum Gasteiger partial charge on any atom is -0.379 e. The fourth-order valence-corrected chi connectivity index (χ4v) is 4.63. The summed E-state index contributed by atoms with van der Waals surface area (Å²) in [7, 11) is -0.971. The Morgan fingerprint density at radius 1 is 1.25 bits per heavy atom. The van der Waals surface area contributed by atoms with Crippen molar-refractivity contribution in [2.24, 2.45) is 11.8 Å². The van der Waals surface area contributed by atoms with E-state index in [1.165, 1.54) is 12.1 Å². The van der Waals surface area contributed by atoms with E-state index in [4.69, 9.17) is 0 Å². The molecule has 0 spiro atoms. The minimum atomic E-state index is -3.77. The summed E-state index contributed by atoms with van der Waals surface area (Å²) < 4.78 is 53.0. The molecule has 0 radical (unpaired) electrons. The summed E-state index contributed by atoms with van der Waals surface area (Å²) in [5.74, 6) is -3.30. The van der Waals surface area contributed by atoms with Gasteiger partial charge in [0.15, 0.2) is 11.6 Å². The van der Waals surface area contributed by atoms with Gasteiger partial charge in [-0.1, -0.05) is 0 Å². The maximum Gasteiger partial charge on any atom is 0.244 e. The first-order chi connectivity index (χ1) is 15.0. The summed E-state index contributed by atoms with van der Waals surface area (Å²) in [6.07, 6.45) is 1.90. The van der Waals surface area contributed by atoms with Gasteiger partial charge in [-0.3, -0.25) is 24.2 Å². The van der Waals surface area contributed by atoms with E-state index in [0.29, 0.717) is 0 Å². The molecule has 1 aromatic rings. The van der Waals surface area contributed by atoms with Crippen LogP contribution < -0.4 is 25.7 Å². The largest absolute Gasteiger partial charge is 0.379 e. The van der Waals surface area contributed by atoms with Crippen LogP contribution in [0.25, 0.3) is 0 Å². The molecular weight excluding hydrogens is 446 g/mol. The second kappa shape index (κ2) is 8.12. The molecule has 32 heavy (non-hydrogen) atoms. The summed E-state index contributed by atoms with van der Waals surface area (Å²) in [5.41, 5.74) is 2.93. The van der Waals surface area contributed by atoms with E-state index >= 15 is 0 Å². The van der Waals surface area contributed by atoms with Gasteiger partial charge < -0.3 is 10.6 Å². The molecule has 1 aromatic carbocycles. The van der Waals surface area contributed by atoms with E-state index in [9.17, 15) is 26.8 Å². The summed E-state index contributed by atoms with van der Waals surface area (Å²) in [4.78, 5) is 25.0. The van der Waals surface area contributed by atoms with E-state index in [1.54, 1.807) is 7.05 Å². The Morgan fingerprint density at radius 2 is 1.91 bits per heavy atom. The second-order valence-corrected chi connectivity index (χ2v) is 10.5. The number of halogens is 2. The Labute approximate surface area is 184 Å². The lowest BCUT2D eigenvalue weighted by Crippen LogP contribution is -2.63. The molecule has 1 saturated carbocycles. The quantitative estimate of drug-likeness (QED) is 0.456. The lowest BCUT2D eigenvalue weighted by atomic mass is 9.88. The number of hydrogen-bond acceptors (Lipinski definition) is 7. The van der Waals surface area contributed by atoms with Crippen LogP contribution in [0.1, 0.15) is 19.3 Å². The minimum absolute atomic E-state index is 0.0111. The molecule has 4 rings (SSSR count). The molecule has 13 heteroatoms. The zero-order valence-electron chi connectivity index (χ0n) is 17.9. The van der Waals surface area contributed by atoms with Crippen molar-refractivity contribution in [3.8, 4) is 0 Å². The van der Waals surface area contributed by atoms with Gasteiger partial charge in [-0.05, 0) is 12.8 Å². The third-order valence-corrected chi connectivity index (χ3v) is 7.28. The number of hydrogen-bond donors (Lipinski definition) is 4. The van der Waals surface area contributed by atoms with Gasteiger partial charge in [0, 0.05) is 44.6 Å². The van der Waals surface area contributed by atoms with Crippen molar-refractivity contribution in [1.29, 1.82) is 0 Å². The molecular formula is C19H26F2N6O4S. The number of fused-ring (bicyclic) bond motifs is 1. The van der Waals surface area contributed by atoms with Crippen molar-refractivity contribution in [2.75, 3.05) is 30.0 Å². The van der Waals surface area contributed by atoms with Crippen molar-refractivity contribution >= 4 is 33.2 Å². The van der Waals surface area contributed by atoms with E-state index in [0.717, 1.165) is 35.5 Å². The SMILES string of the molecule is CN1NC2NC(NC(=O)C3CC3)CC(Nc3cc(F)c(F)cc3N(C)S(C)(=O)=O)C2C1=O. The molecule has 4 atom stereocenters. The predicted molar refractivity (Wildman–Crippen MR) is 113 cm³/mol. The summed E-state index contributed by atoms with van der Waals surface area (Å²) in [5, 5.41) is 10.5. The van der Waals surface area contributed by atoms with Gasteiger partial charge in [-0.15, -0.1) is 0 Å². The number of nitrogens with one attached hydrogen (secondary N) is 4. The predicted octanol–water partition coefficient (Wildman–Crippen LogP) is -0.0944. The maximum atomic E-state index is 14.1. The zero-order chi connectivity index (χ0) is 23.4. The Bertz CT molecular complexity index is 1050. The van der Waals surface area contributed by atoms with Gasteiger partial charge in [-0.2, -0.15) is 0 Å². The molecule has 2 heterocycles. The molecule has 3 fully saturated rings. The number of piperidine rings is 1. The van der Waals surface area contributed by atoms with Crippen LogP contribution >= 0.6 is 0 Å². The van der Waals surface area contributed by atoms with Crippen LogP contribution in [0.2, 0.25) is 0 Å². The van der Waals surface area contributed by atoms with E-state index < -0.39 is 45.9 Å². The Kier molecular flexibility index (Phi) is 5.75. The van der Waals surface area contributed by atoms with Crippen molar-refractivity contribution in [2.45, 2.75) is 37.6 Å². The molecule has 10 nitrogen and oxygen atoms in total. The first kappa shape index (κ1) is 22.7. The number of sulfonamides is 1. The Morgan fingerprint density at radius 3 is 2.53 bits per heavy atom. The van der Waals surface area contributed by atoms with E-state index in [1.807, 2.05) is 0 Å². The molecule has 4 N–H and O–H groups in total. The van der Waals surface area contributed by atoms with Crippen molar-refractivity contribution < 1.29 is 26.8 Å². The highest BCUT2D eigenvalue weighted by atomic mass is 32.2. The fourth-order valence-electron chi connectivity index (χ4n) is 4.12. The molecule has 4 unspecified atom stereocenters. The average molecular weight is 473 g/mol. The lowest BCUT2D eigenvalue weighted by Gasteiger charge is -2.39. The highest BCUT2D eigenvalue weighted by Gasteiger charge is 2.49. The Hall–Kier alpha value is -2.51. The third kappa shape index (κ3) is 4.36. The molecule has 3 aliphatic rings. The van der Waals surface area contributed by atoms with Gasteiger partial charge in [0.25, 0.3) is 0 Å². The number of amides is 2. The van der Waals surface area contributed by atoms with E-state index in [-0.39, 0.29) is 35.5 Å². The van der Waals surface area contributed by atoms with Crippen LogP contribution in [-0.4, -0.2) is 64.0 Å². The van der Waals surface area contributed by atoms with Crippen LogP contribution in [0.5, 0.6) is 0 Å². The summed E-state index contributed by atoms with van der Waals surface area (Å²) in [6.45, 7) is 0. The Balaban J connectivity index is 1.65. The van der Waals surface area contributed by atoms with E-state index in [2.05, 4.69) is 21.4 Å². The number of nitrogens with zero attached hydrogens (tertiary/aromatic N) is 2. The van der Waals surface area contributed by atoms with Crippen LogP contribution in [0, 0.1) is 23.5 Å². The molecule has 0 bridgehead atoms. The zero-order valence-corrected chi connectivity index (χ0v) is 18.7. The van der Waals surface area contributed by atoms with Gasteiger partial charge in [0.05, 0.1) is 35.9 Å². The summed E-state index contributed by atoms with van der Waals surface area (Å²) in [6, 6.07) is 1.06. The van der Waals surface area contributed by atoms with Crippen molar-refractivity contribution in [3.63, 3.8) is 0 Å². The number of hydrazine groups is 1. The smallest absolute Gasteiger partial charge is 0.244 e. The maximum absolute atomic E-state index is 14.1. The third-order valence-electron chi connectivity index (χ3n) is 6.09. The van der Waals surface area contributed by atoms with Crippen LogP contribution in [0.15, 0.2) is 12.1 Å². The number of carbonyl (C=O) groups is 2. The fraction of sp³-hybridized carbons (Fsp3) is 0.579. The number of rotatable bonds is 6. The standard InChI is InChI=1S/C19H26F2N6O4S/c1-26-19(29)16-13(8-15(23-17(16)25-26)24-18(28)9-4-5-9)22-12-6-10(20)11(21)7-14(12)27(2)32(3,30)31/h6-7,9,13,15-17,22-23,25H,4-5,8H2,1-3H3,(H,24,28). The van der Waals surface area contributed by atoms with Crippen molar-refractivity contribution in [3.05, 3.63) is 23.8 Å². The normalized spacial score (nSPS) is 27.8. The molecule has 2 aliphatic heterocycles. The number of benzene rings is 1. The van der Waals surface area contributed by atoms with Crippen molar-refractivity contribution in [1.82, 2.24) is 21.1 Å². The van der Waals surface area contributed by atoms with Gasteiger partial charge in [0.1, 0.15) is 0 Å². The van der Waals surface area contributed by atoms with Crippen LogP contribution in [-0.2, 0) is 19.6 Å². The van der Waals surface area contributed by atoms with Crippen LogP contribution in [0.3, 0.4) is 0 Å². The molecule has 0 aromatic heterocycles. The number of anilines is 2. The monoisotopic (exact) mass is 472 g/mol. The van der Waals surface area contributed by atoms with Crippen LogP contribution in [0.4, 0.5) is 20.2 Å². The van der Waals surface area contributed by atoms with Gasteiger partial charge in [-0.25, -0.2) is 22.6 Å². The molecule has 2 amide bonds. The highest BCUT2D eigenvalue weighted by molar-refractivity contribution is 7.92. The lowest BCUT2D eigenvalue weighted by molar-refractivity contribution is -0.131. The summed E-state index contributed by atoms with van der Waals surface area (Å²) >= 11 is 0. The van der Waals surface area contributed by atoms with Gasteiger partial charge >= 0.3 is 0 Å². The average Bonchev–Trinajstić information content (AvgIpc) is 3.50. The topological polar surface area (TPSA) is 123 Å². The highest BCUT2D eigenvalue weighted by Crippen LogP contribution is 2.35. The van der Waals surface area contributed by atoms with Gasteiger partial charge in [0.2, 0.25) is 21.8 Å². The number of carbonyl (C=O) groups excluding carboxylic acids is 2. The molecule has 1 aliphatic carbocycles. The molecule has 2 saturated heterocycles. The second-order valence-electron chi connectivity index (χ2n) is 8.53. The molecule has 176 valence electrons.